The molecule has 0 aromatic heterocycles. The van der Waals surface area contributed by atoms with Crippen LogP contribution >= 0.6 is 22.6 Å². The summed E-state index contributed by atoms with van der Waals surface area (Å²) in [6.07, 6.45) is 1.30. The van der Waals surface area contributed by atoms with Crippen molar-refractivity contribution in [1.82, 2.24) is 5.32 Å². The average molecular weight is 452 g/mol. The summed E-state index contributed by atoms with van der Waals surface area (Å²) < 4.78 is 13.9. The highest BCUT2D eigenvalue weighted by Crippen LogP contribution is 2.25. The standard InChI is InChI=1S/C17H10FIN2O4/c18-10-2-1-3-11(8-10)21-16(24)12(15(23)20-17(21)25)6-9-4-5-14(22)13(19)7-9/h1-8,22H,(H,20,23,25). The number of nitrogens with one attached hydrogen (secondary N) is 1. The monoisotopic (exact) mass is 452 g/mol. The highest BCUT2D eigenvalue weighted by molar-refractivity contribution is 14.1. The molecule has 2 aromatic rings. The zero-order valence-electron chi connectivity index (χ0n) is 12.5. The molecule has 0 radical (unpaired) electrons. The molecule has 25 heavy (non-hydrogen) atoms. The number of hydrogen-bond donors (Lipinski definition) is 2. The number of anilines is 1. The molecule has 2 aromatic carbocycles. The van der Waals surface area contributed by atoms with Gasteiger partial charge in [0, 0.05) is 0 Å². The van der Waals surface area contributed by atoms with E-state index in [1.807, 2.05) is 22.6 Å². The van der Waals surface area contributed by atoms with Gasteiger partial charge in [-0.15, -0.1) is 0 Å². The molecule has 1 fully saturated rings. The van der Waals surface area contributed by atoms with Crippen molar-refractivity contribution in [2.45, 2.75) is 0 Å². The van der Waals surface area contributed by atoms with Gasteiger partial charge in [-0.25, -0.2) is 14.1 Å². The molecule has 1 saturated heterocycles. The minimum atomic E-state index is -0.946. The van der Waals surface area contributed by atoms with Gasteiger partial charge in [0.1, 0.15) is 17.1 Å². The second-order valence-electron chi connectivity index (χ2n) is 5.15. The van der Waals surface area contributed by atoms with Crippen molar-refractivity contribution in [3.8, 4) is 5.75 Å². The number of carbonyl (C=O) groups excluding carboxylic acids is 3. The summed E-state index contributed by atoms with van der Waals surface area (Å²) in [5.74, 6) is -2.25. The van der Waals surface area contributed by atoms with E-state index in [-0.39, 0.29) is 17.0 Å². The third-order valence-electron chi connectivity index (χ3n) is 3.45. The highest BCUT2D eigenvalue weighted by atomic mass is 127. The number of phenolic OH excluding ortho intramolecular Hbond substituents is 1. The molecule has 0 spiro atoms. The number of hydrogen-bond acceptors (Lipinski definition) is 4. The zero-order chi connectivity index (χ0) is 18.1. The molecule has 6 nitrogen and oxygen atoms in total. The van der Waals surface area contributed by atoms with Crippen molar-refractivity contribution in [2.75, 3.05) is 4.90 Å². The van der Waals surface area contributed by atoms with Crippen molar-refractivity contribution in [1.29, 1.82) is 0 Å². The Morgan fingerprint density at radius 3 is 2.56 bits per heavy atom. The number of carbonyl (C=O) groups is 3. The summed E-state index contributed by atoms with van der Waals surface area (Å²) in [6.45, 7) is 0. The summed E-state index contributed by atoms with van der Waals surface area (Å²) in [7, 11) is 0. The quantitative estimate of drug-likeness (QED) is 0.417. The first-order valence-corrected chi connectivity index (χ1v) is 8.10. The van der Waals surface area contributed by atoms with Crippen LogP contribution in [0.2, 0.25) is 0 Å². The molecular weight excluding hydrogens is 442 g/mol. The van der Waals surface area contributed by atoms with Crippen LogP contribution in [0.5, 0.6) is 5.75 Å². The maximum absolute atomic E-state index is 13.4. The molecule has 126 valence electrons. The van der Waals surface area contributed by atoms with Crippen LogP contribution in [-0.4, -0.2) is 23.0 Å². The number of urea groups is 1. The smallest absolute Gasteiger partial charge is 0.335 e. The fourth-order valence-corrected chi connectivity index (χ4v) is 2.83. The van der Waals surface area contributed by atoms with Crippen molar-refractivity contribution in [3.63, 3.8) is 0 Å². The maximum Gasteiger partial charge on any atom is 0.335 e. The minimum absolute atomic E-state index is 0.0150. The number of amides is 4. The van der Waals surface area contributed by atoms with Crippen LogP contribution in [0.1, 0.15) is 5.56 Å². The topological polar surface area (TPSA) is 86.7 Å². The number of nitrogens with zero attached hydrogens (tertiary/aromatic N) is 1. The summed E-state index contributed by atoms with van der Waals surface area (Å²) in [5, 5.41) is 11.6. The Morgan fingerprint density at radius 2 is 1.88 bits per heavy atom. The van der Waals surface area contributed by atoms with Gasteiger partial charge in [0.15, 0.2) is 0 Å². The average Bonchev–Trinajstić information content (AvgIpc) is 2.54. The van der Waals surface area contributed by atoms with E-state index in [1.54, 1.807) is 6.07 Å². The first-order valence-electron chi connectivity index (χ1n) is 7.02. The summed E-state index contributed by atoms with van der Waals surface area (Å²) in [5.41, 5.74) is 0.237. The number of rotatable bonds is 2. The van der Waals surface area contributed by atoms with E-state index in [9.17, 15) is 23.9 Å². The lowest BCUT2D eigenvalue weighted by Crippen LogP contribution is -2.54. The Bertz CT molecular complexity index is 942. The molecule has 1 aliphatic rings. The van der Waals surface area contributed by atoms with Crippen LogP contribution in [0, 0.1) is 9.39 Å². The number of phenols is 1. The summed E-state index contributed by atoms with van der Waals surface area (Å²) in [6, 6.07) is 8.52. The maximum atomic E-state index is 13.4. The molecule has 1 heterocycles. The van der Waals surface area contributed by atoms with Gasteiger partial charge in [0.25, 0.3) is 11.8 Å². The van der Waals surface area contributed by atoms with Crippen molar-refractivity contribution < 1.29 is 23.9 Å². The number of barbiturate groups is 1. The number of imide groups is 2. The normalized spacial score (nSPS) is 16.3. The first kappa shape index (κ1) is 17.1. The largest absolute Gasteiger partial charge is 0.507 e. The van der Waals surface area contributed by atoms with Crippen LogP contribution in [0.4, 0.5) is 14.9 Å². The van der Waals surface area contributed by atoms with Gasteiger partial charge < -0.3 is 5.11 Å². The van der Waals surface area contributed by atoms with Crippen molar-refractivity contribution >= 4 is 52.2 Å². The highest BCUT2D eigenvalue weighted by Gasteiger charge is 2.36. The van der Waals surface area contributed by atoms with Crippen LogP contribution in [-0.2, 0) is 9.59 Å². The Hall–Kier alpha value is -2.75. The molecular formula is C17H10FIN2O4. The van der Waals surface area contributed by atoms with Gasteiger partial charge in [0.05, 0.1) is 9.26 Å². The SMILES string of the molecule is O=C1NC(=O)N(c2cccc(F)c2)C(=O)C1=Cc1ccc(O)c(I)c1. The van der Waals surface area contributed by atoms with E-state index in [1.165, 1.54) is 36.4 Å². The Balaban J connectivity index is 2.03. The third-order valence-corrected chi connectivity index (χ3v) is 4.31. The molecule has 3 rings (SSSR count). The third kappa shape index (κ3) is 3.38. The van der Waals surface area contributed by atoms with Gasteiger partial charge in [-0.3, -0.25) is 14.9 Å². The summed E-state index contributed by atoms with van der Waals surface area (Å²) >= 11 is 1.90. The lowest BCUT2D eigenvalue weighted by atomic mass is 10.1. The molecule has 1 aliphatic heterocycles. The van der Waals surface area contributed by atoms with Crippen molar-refractivity contribution in [3.05, 3.63) is 63.0 Å². The predicted octanol–water partition coefficient (Wildman–Crippen LogP) is 2.80. The van der Waals surface area contributed by atoms with Gasteiger partial charge in [0.2, 0.25) is 0 Å². The number of aromatic hydroxyl groups is 1. The molecule has 0 aliphatic carbocycles. The molecule has 0 unspecified atom stereocenters. The number of benzene rings is 2. The Morgan fingerprint density at radius 1 is 1.12 bits per heavy atom. The minimum Gasteiger partial charge on any atom is -0.507 e. The van der Waals surface area contributed by atoms with Crippen LogP contribution < -0.4 is 10.2 Å². The molecule has 0 saturated carbocycles. The second-order valence-corrected chi connectivity index (χ2v) is 6.31. The second kappa shape index (κ2) is 6.63. The first-order chi connectivity index (χ1) is 11.9. The van der Waals surface area contributed by atoms with E-state index < -0.39 is 23.7 Å². The van der Waals surface area contributed by atoms with E-state index in [2.05, 4.69) is 5.32 Å². The van der Waals surface area contributed by atoms with Crippen LogP contribution in [0.15, 0.2) is 48.0 Å². The molecule has 2 N–H and O–H groups in total. The van der Waals surface area contributed by atoms with E-state index in [0.717, 1.165) is 6.07 Å². The van der Waals surface area contributed by atoms with Gasteiger partial charge in [-0.1, -0.05) is 12.1 Å². The molecule has 4 amide bonds. The lowest BCUT2D eigenvalue weighted by Gasteiger charge is -2.26. The fourth-order valence-electron chi connectivity index (χ4n) is 2.29. The van der Waals surface area contributed by atoms with E-state index >= 15 is 0 Å². The Labute approximate surface area is 155 Å². The van der Waals surface area contributed by atoms with E-state index in [0.29, 0.717) is 14.0 Å². The van der Waals surface area contributed by atoms with E-state index in [4.69, 9.17) is 0 Å². The fraction of sp³-hybridized carbons (Fsp3) is 0. The van der Waals surface area contributed by atoms with Crippen molar-refractivity contribution in [2.24, 2.45) is 0 Å². The Kier molecular flexibility index (Phi) is 4.53. The predicted molar refractivity (Wildman–Crippen MR) is 96.2 cm³/mol. The van der Waals surface area contributed by atoms with Gasteiger partial charge >= 0.3 is 6.03 Å². The van der Waals surface area contributed by atoms with Crippen LogP contribution in [0.25, 0.3) is 6.08 Å². The molecule has 0 bridgehead atoms. The molecule has 0 atom stereocenters. The van der Waals surface area contributed by atoms with Crippen LogP contribution in [0.3, 0.4) is 0 Å². The molecule has 8 heteroatoms. The van der Waals surface area contributed by atoms with Gasteiger partial charge in [-0.2, -0.15) is 0 Å². The summed E-state index contributed by atoms with van der Waals surface area (Å²) in [4.78, 5) is 37.4. The number of halogens is 2. The van der Waals surface area contributed by atoms with Gasteiger partial charge in [-0.05, 0) is 64.6 Å². The lowest BCUT2D eigenvalue weighted by molar-refractivity contribution is -0.122. The zero-order valence-corrected chi connectivity index (χ0v) is 14.7.